The largest absolute Gasteiger partial charge is 0.481 e. The number of ether oxygens (including phenoxy) is 3. The molecule has 0 spiro atoms. The molecule has 0 aromatic heterocycles. The van der Waals surface area contributed by atoms with Crippen LogP contribution in [-0.4, -0.2) is 64.6 Å². The van der Waals surface area contributed by atoms with Crippen molar-refractivity contribution in [3.8, 4) is 5.75 Å². The van der Waals surface area contributed by atoms with Crippen molar-refractivity contribution in [3.63, 3.8) is 0 Å². The number of halogens is 1. The quantitative estimate of drug-likeness (QED) is 0.669. The topological polar surface area (TPSA) is 63.3 Å². The maximum atomic E-state index is 12.9. The first kappa shape index (κ1) is 21.9. The molecule has 2 saturated heterocycles. The number of morpholine rings is 2. The minimum Gasteiger partial charge on any atom is -0.481 e. The molecule has 0 radical (unpaired) electrons. The van der Waals surface area contributed by atoms with Gasteiger partial charge in [-0.05, 0) is 49.4 Å². The molecule has 0 saturated carbocycles. The van der Waals surface area contributed by atoms with E-state index in [1.165, 1.54) is 0 Å². The molecule has 31 heavy (non-hydrogen) atoms. The van der Waals surface area contributed by atoms with Gasteiger partial charge in [0.2, 0.25) is 0 Å². The van der Waals surface area contributed by atoms with Crippen LogP contribution in [0, 0.1) is 0 Å². The summed E-state index contributed by atoms with van der Waals surface area (Å²) in [6, 6.07) is 13.7. The number of anilines is 3. The van der Waals surface area contributed by atoms with E-state index in [4.69, 9.17) is 14.2 Å². The Bertz CT molecular complexity index is 881. The Morgan fingerprint density at radius 3 is 2.23 bits per heavy atom. The van der Waals surface area contributed by atoms with Crippen molar-refractivity contribution in [3.05, 3.63) is 46.9 Å². The van der Waals surface area contributed by atoms with Crippen LogP contribution >= 0.6 is 15.9 Å². The van der Waals surface area contributed by atoms with Crippen molar-refractivity contribution in [2.24, 2.45) is 0 Å². The van der Waals surface area contributed by atoms with E-state index in [0.29, 0.717) is 19.0 Å². The molecule has 0 bridgehead atoms. The molecule has 1 N–H and O–H groups in total. The van der Waals surface area contributed by atoms with Crippen LogP contribution in [0.3, 0.4) is 0 Å². The molecule has 2 aromatic rings. The third-order valence-corrected chi connectivity index (χ3v) is 5.99. The van der Waals surface area contributed by atoms with E-state index >= 15 is 0 Å². The fraction of sp³-hybridized carbons (Fsp3) is 0.435. The van der Waals surface area contributed by atoms with Crippen molar-refractivity contribution >= 4 is 38.9 Å². The van der Waals surface area contributed by atoms with Crippen LogP contribution < -0.4 is 19.9 Å². The average molecular weight is 490 g/mol. The Kier molecular flexibility index (Phi) is 7.32. The fourth-order valence-corrected chi connectivity index (χ4v) is 3.98. The predicted molar refractivity (Wildman–Crippen MR) is 125 cm³/mol. The van der Waals surface area contributed by atoms with Gasteiger partial charge in [0, 0.05) is 36.3 Å². The minimum absolute atomic E-state index is 0.184. The van der Waals surface area contributed by atoms with E-state index < -0.39 is 6.10 Å². The van der Waals surface area contributed by atoms with Gasteiger partial charge in [-0.2, -0.15) is 0 Å². The molecule has 0 unspecified atom stereocenters. The number of hydrogen-bond acceptors (Lipinski definition) is 6. The summed E-state index contributed by atoms with van der Waals surface area (Å²) >= 11 is 3.41. The van der Waals surface area contributed by atoms with Crippen LogP contribution in [0.4, 0.5) is 17.1 Å². The second-order valence-corrected chi connectivity index (χ2v) is 8.52. The van der Waals surface area contributed by atoms with Gasteiger partial charge in [-0.3, -0.25) is 4.79 Å². The van der Waals surface area contributed by atoms with Crippen molar-refractivity contribution in [1.82, 2.24) is 0 Å². The molecule has 0 aliphatic carbocycles. The minimum atomic E-state index is -0.627. The highest BCUT2D eigenvalue weighted by atomic mass is 79.9. The molecule has 1 amide bonds. The highest BCUT2D eigenvalue weighted by molar-refractivity contribution is 9.10. The SMILES string of the molecule is C[C@H](Oc1ccc(Br)cc1)C(=O)Nc1ccc(N2CCOCC2)cc1N1CCOCC1. The third-order valence-electron chi connectivity index (χ3n) is 5.46. The van der Waals surface area contributed by atoms with Crippen LogP contribution in [0.5, 0.6) is 5.75 Å². The molecule has 2 aromatic carbocycles. The Morgan fingerprint density at radius 1 is 0.968 bits per heavy atom. The van der Waals surface area contributed by atoms with E-state index in [0.717, 1.165) is 60.9 Å². The number of nitrogens with zero attached hydrogens (tertiary/aromatic N) is 2. The Morgan fingerprint density at radius 2 is 1.58 bits per heavy atom. The van der Waals surface area contributed by atoms with Crippen molar-refractivity contribution in [1.29, 1.82) is 0 Å². The molecule has 2 aliphatic heterocycles. The van der Waals surface area contributed by atoms with Gasteiger partial charge in [-0.15, -0.1) is 0 Å². The second kappa shape index (κ2) is 10.3. The highest BCUT2D eigenvalue weighted by Crippen LogP contribution is 2.32. The summed E-state index contributed by atoms with van der Waals surface area (Å²) in [4.78, 5) is 17.5. The summed E-state index contributed by atoms with van der Waals surface area (Å²) in [5, 5.41) is 3.07. The maximum absolute atomic E-state index is 12.9. The zero-order chi connectivity index (χ0) is 21.6. The molecule has 166 valence electrons. The van der Waals surface area contributed by atoms with Gasteiger partial charge in [-0.25, -0.2) is 0 Å². The van der Waals surface area contributed by atoms with E-state index in [-0.39, 0.29) is 5.91 Å². The lowest BCUT2D eigenvalue weighted by atomic mass is 10.1. The fourth-order valence-electron chi connectivity index (χ4n) is 3.72. The Hall–Kier alpha value is -2.29. The van der Waals surface area contributed by atoms with Gasteiger partial charge in [0.1, 0.15) is 5.75 Å². The summed E-state index contributed by atoms with van der Waals surface area (Å²) < 4.78 is 17.8. The first-order chi connectivity index (χ1) is 15.1. The number of benzene rings is 2. The van der Waals surface area contributed by atoms with Gasteiger partial charge >= 0.3 is 0 Å². The molecular weight excluding hydrogens is 462 g/mol. The smallest absolute Gasteiger partial charge is 0.265 e. The number of hydrogen-bond donors (Lipinski definition) is 1. The van der Waals surface area contributed by atoms with Gasteiger partial charge in [0.25, 0.3) is 5.91 Å². The first-order valence-corrected chi connectivity index (χ1v) is 11.4. The summed E-state index contributed by atoms with van der Waals surface area (Å²) in [5.41, 5.74) is 2.94. The standard InChI is InChI=1S/C23H28BrN3O4/c1-17(31-20-5-2-18(24)3-6-20)23(28)25-21-7-4-19(26-8-12-29-13-9-26)16-22(21)27-10-14-30-15-11-27/h2-7,16-17H,8-15H2,1H3,(H,25,28)/t17-/m0/s1. The lowest BCUT2D eigenvalue weighted by Gasteiger charge is -2.33. The van der Waals surface area contributed by atoms with Crippen LogP contribution in [0.1, 0.15) is 6.92 Å². The number of rotatable bonds is 6. The third kappa shape index (κ3) is 5.70. The molecule has 1 atom stereocenters. The van der Waals surface area contributed by atoms with Gasteiger partial charge < -0.3 is 29.3 Å². The molecule has 4 rings (SSSR count). The van der Waals surface area contributed by atoms with Crippen LogP contribution in [0.2, 0.25) is 0 Å². The van der Waals surface area contributed by atoms with Gasteiger partial charge in [-0.1, -0.05) is 15.9 Å². The second-order valence-electron chi connectivity index (χ2n) is 7.60. The normalized spacial score (nSPS) is 17.9. The zero-order valence-electron chi connectivity index (χ0n) is 17.7. The summed E-state index contributed by atoms with van der Waals surface area (Å²) in [5.74, 6) is 0.471. The van der Waals surface area contributed by atoms with Crippen molar-refractivity contribution in [2.75, 3.05) is 67.7 Å². The van der Waals surface area contributed by atoms with E-state index in [1.807, 2.05) is 30.3 Å². The number of carbonyl (C=O) groups is 1. The Balaban J connectivity index is 1.51. The Labute approximate surface area is 191 Å². The van der Waals surface area contributed by atoms with E-state index in [1.54, 1.807) is 6.92 Å². The van der Waals surface area contributed by atoms with Gasteiger partial charge in [0.15, 0.2) is 6.10 Å². The summed E-state index contributed by atoms with van der Waals surface area (Å²) in [6.07, 6.45) is -0.627. The number of nitrogens with one attached hydrogen (secondary N) is 1. The van der Waals surface area contributed by atoms with Crippen molar-refractivity contribution < 1.29 is 19.0 Å². The van der Waals surface area contributed by atoms with Crippen LogP contribution in [0.15, 0.2) is 46.9 Å². The molecule has 2 aliphatic rings. The molecular formula is C23H28BrN3O4. The van der Waals surface area contributed by atoms with E-state index in [9.17, 15) is 4.79 Å². The predicted octanol–water partition coefficient (Wildman–Crippen LogP) is 3.53. The maximum Gasteiger partial charge on any atom is 0.265 e. The molecule has 2 heterocycles. The number of amides is 1. The summed E-state index contributed by atoms with van der Waals surface area (Å²) in [7, 11) is 0. The van der Waals surface area contributed by atoms with Crippen LogP contribution in [-0.2, 0) is 14.3 Å². The molecule has 2 fully saturated rings. The highest BCUT2D eigenvalue weighted by Gasteiger charge is 2.22. The number of carbonyl (C=O) groups excluding carboxylic acids is 1. The summed E-state index contributed by atoms with van der Waals surface area (Å²) in [6.45, 7) is 7.90. The molecule has 8 heteroatoms. The monoisotopic (exact) mass is 489 g/mol. The zero-order valence-corrected chi connectivity index (χ0v) is 19.3. The first-order valence-electron chi connectivity index (χ1n) is 10.6. The average Bonchev–Trinajstić information content (AvgIpc) is 2.82. The lowest BCUT2D eigenvalue weighted by molar-refractivity contribution is -0.122. The molecule has 7 nitrogen and oxygen atoms in total. The van der Waals surface area contributed by atoms with Gasteiger partial charge in [0.05, 0.1) is 37.8 Å². The van der Waals surface area contributed by atoms with Crippen molar-refractivity contribution in [2.45, 2.75) is 13.0 Å². The lowest BCUT2D eigenvalue weighted by Crippen LogP contribution is -2.38. The van der Waals surface area contributed by atoms with Crippen LogP contribution in [0.25, 0.3) is 0 Å². The van der Waals surface area contributed by atoms with E-state index in [2.05, 4.69) is 43.2 Å².